The molecule has 0 atom stereocenters. The number of nitrogens with zero attached hydrogens (tertiary/aromatic N) is 2. The minimum atomic E-state index is 0.157. The molecule has 0 bridgehead atoms. The molecule has 1 rings (SSSR count). The zero-order valence-electron chi connectivity index (χ0n) is 12.6. The summed E-state index contributed by atoms with van der Waals surface area (Å²) in [5.41, 5.74) is 1.41. The van der Waals surface area contributed by atoms with Gasteiger partial charge < -0.3 is 10.2 Å². The lowest BCUT2D eigenvalue weighted by Gasteiger charge is -2.20. The first kappa shape index (κ1) is 15.4. The van der Waals surface area contributed by atoms with E-state index in [0.717, 1.165) is 26.1 Å². The van der Waals surface area contributed by atoms with E-state index in [9.17, 15) is 0 Å². The van der Waals surface area contributed by atoms with Gasteiger partial charge in [0.1, 0.15) is 0 Å². The van der Waals surface area contributed by atoms with E-state index < -0.39 is 0 Å². The number of hydrogen-bond donors (Lipinski definition) is 1. The van der Waals surface area contributed by atoms with Crippen LogP contribution in [0.3, 0.4) is 0 Å². The Balaban J connectivity index is 2.84. The van der Waals surface area contributed by atoms with Crippen molar-refractivity contribution in [3.8, 4) is 0 Å². The van der Waals surface area contributed by atoms with Gasteiger partial charge in [-0.1, -0.05) is 6.92 Å². The second-order valence-electron chi connectivity index (χ2n) is 5.50. The van der Waals surface area contributed by atoms with Crippen molar-refractivity contribution in [2.45, 2.75) is 60.0 Å². The molecule has 0 amide bonds. The van der Waals surface area contributed by atoms with E-state index >= 15 is 0 Å². The van der Waals surface area contributed by atoms with Crippen LogP contribution in [0.25, 0.3) is 0 Å². The van der Waals surface area contributed by atoms with Gasteiger partial charge in [0.05, 0.1) is 5.69 Å². The van der Waals surface area contributed by atoms with Crippen LogP contribution in [-0.4, -0.2) is 23.6 Å². The topological polar surface area (TPSA) is 28.2 Å². The third-order valence-corrected chi connectivity index (χ3v) is 4.07. The number of thiazole rings is 1. The summed E-state index contributed by atoms with van der Waals surface area (Å²) < 4.78 is 0. The lowest BCUT2D eigenvalue weighted by molar-refractivity contribution is 0.425. The van der Waals surface area contributed by atoms with Crippen LogP contribution >= 0.6 is 11.3 Å². The predicted molar refractivity (Wildman–Crippen MR) is 81.6 cm³/mol. The standard InChI is InChI=1S/C14H27N3S/c1-7-11-12(10-15-14(4,5)6)18-13(16-11)17(8-2)9-3/h15H,7-10H2,1-6H3. The molecule has 0 saturated carbocycles. The summed E-state index contributed by atoms with van der Waals surface area (Å²) in [6.45, 7) is 16.1. The first-order chi connectivity index (χ1) is 8.41. The summed E-state index contributed by atoms with van der Waals surface area (Å²) in [4.78, 5) is 8.48. The van der Waals surface area contributed by atoms with Gasteiger partial charge in [-0.25, -0.2) is 4.98 Å². The molecule has 0 unspecified atom stereocenters. The van der Waals surface area contributed by atoms with Crippen LogP contribution in [0.4, 0.5) is 5.13 Å². The highest BCUT2D eigenvalue weighted by Crippen LogP contribution is 2.27. The van der Waals surface area contributed by atoms with Crippen molar-refractivity contribution in [1.29, 1.82) is 0 Å². The maximum absolute atomic E-state index is 4.78. The summed E-state index contributed by atoms with van der Waals surface area (Å²) >= 11 is 1.83. The summed E-state index contributed by atoms with van der Waals surface area (Å²) in [7, 11) is 0. The van der Waals surface area contributed by atoms with E-state index in [4.69, 9.17) is 4.98 Å². The molecule has 1 N–H and O–H groups in total. The molecule has 1 aromatic heterocycles. The van der Waals surface area contributed by atoms with Gasteiger partial charge in [0, 0.05) is 30.1 Å². The van der Waals surface area contributed by atoms with E-state index in [1.807, 2.05) is 11.3 Å². The third kappa shape index (κ3) is 4.25. The molecule has 0 aromatic carbocycles. The molecule has 1 aromatic rings. The molecule has 4 heteroatoms. The number of aryl methyl sites for hydroxylation is 1. The Morgan fingerprint density at radius 2 is 1.78 bits per heavy atom. The van der Waals surface area contributed by atoms with Gasteiger partial charge in [-0.3, -0.25) is 0 Å². The Labute approximate surface area is 116 Å². The minimum absolute atomic E-state index is 0.157. The summed E-state index contributed by atoms with van der Waals surface area (Å²) in [5.74, 6) is 0. The molecular formula is C14H27N3S. The lowest BCUT2D eigenvalue weighted by Crippen LogP contribution is -2.35. The molecule has 0 aliphatic heterocycles. The fraction of sp³-hybridized carbons (Fsp3) is 0.786. The highest BCUT2D eigenvalue weighted by atomic mass is 32.1. The van der Waals surface area contributed by atoms with Crippen LogP contribution < -0.4 is 10.2 Å². The Morgan fingerprint density at radius 1 is 1.17 bits per heavy atom. The third-order valence-electron chi connectivity index (χ3n) is 2.92. The Bertz CT molecular complexity index is 362. The summed E-state index contributed by atoms with van der Waals surface area (Å²) in [6.07, 6.45) is 1.01. The quantitative estimate of drug-likeness (QED) is 0.857. The second-order valence-corrected chi connectivity index (χ2v) is 6.56. The van der Waals surface area contributed by atoms with E-state index in [1.54, 1.807) is 0 Å². The Morgan fingerprint density at radius 3 is 2.22 bits per heavy atom. The maximum Gasteiger partial charge on any atom is 0.185 e. The fourth-order valence-corrected chi connectivity index (χ4v) is 2.97. The molecule has 0 aliphatic rings. The van der Waals surface area contributed by atoms with Gasteiger partial charge in [0.2, 0.25) is 0 Å². The smallest absolute Gasteiger partial charge is 0.185 e. The fourth-order valence-electron chi connectivity index (χ4n) is 1.76. The van der Waals surface area contributed by atoms with Crippen molar-refractivity contribution < 1.29 is 0 Å². The van der Waals surface area contributed by atoms with Crippen LogP contribution in [0, 0.1) is 0 Å². The first-order valence-electron chi connectivity index (χ1n) is 6.89. The van der Waals surface area contributed by atoms with Gasteiger partial charge in [-0.2, -0.15) is 0 Å². The Hall–Kier alpha value is -0.610. The van der Waals surface area contributed by atoms with Crippen LogP contribution in [0.15, 0.2) is 0 Å². The van der Waals surface area contributed by atoms with E-state index in [-0.39, 0.29) is 5.54 Å². The molecule has 3 nitrogen and oxygen atoms in total. The van der Waals surface area contributed by atoms with Crippen molar-refractivity contribution in [2.24, 2.45) is 0 Å². The van der Waals surface area contributed by atoms with Gasteiger partial charge in [-0.15, -0.1) is 11.3 Å². The highest BCUT2D eigenvalue weighted by Gasteiger charge is 2.15. The van der Waals surface area contributed by atoms with Crippen molar-refractivity contribution >= 4 is 16.5 Å². The largest absolute Gasteiger partial charge is 0.349 e. The number of anilines is 1. The number of rotatable bonds is 6. The van der Waals surface area contributed by atoms with Gasteiger partial charge in [-0.05, 0) is 41.0 Å². The van der Waals surface area contributed by atoms with Gasteiger partial charge >= 0.3 is 0 Å². The van der Waals surface area contributed by atoms with E-state index in [0.29, 0.717) is 0 Å². The van der Waals surface area contributed by atoms with Crippen LogP contribution in [-0.2, 0) is 13.0 Å². The molecule has 0 fully saturated rings. The molecular weight excluding hydrogens is 242 g/mol. The number of aromatic nitrogens is 1. The van der Waals surface area contributed by atoms with Crippen LogP contribution in [0.5, 0.6) is 0 Å². The van der Waals surface area contributed by atoms with Gasteiger partial charge in [0.15, 0.2) is 5.13 Å². The van der Waals surface area contributed by atoms with Crippen molar-refractivity contribution in [3.63, 3.8) is 0 Å². The molecule has 1 heterocycles. The average molecular weight is 269 g/mol. The van der Waals surface area contributed by atoms with Crippen molar-refractivity contribution in [1.82, 2.24) is 10.3 Å². The average Bonchev–Trinajstić information content (AvgIpc) is 2.70. The highest BCUT2D eigenvalue weighted by molar-refractivity contribution is 7.15. The predicted octanol–water partition coefficient (Wildman–Crippen LogP) is 3.44. The monoisotopic (exact) mass is 269 g/mol. The SMILES string of the molecule is CCc1nc(N(CC)CC)sc1CNC(C)(C)C. The minimum Gasteiger partial charge on any atom is -0.349 e. The second kappa shape index (κ2) is 6.53. The molecule has 18 heavy (non-hydrogen) atoms. The zero-order valence-corrected chi connectivity index (χ0v) is 13.4. The van der Waals surface area contributed by atoms with Crippen molar-refractivity contribution in [2.75, 3.05) is 18.0 Å². The normalized spacial score (nSPS) is 11.9. The van der Waals surface area contributed by atoms with Crippen LogP contribution in [0.1, 0.15) is 52.1 Å². The maximum atomic E-state index is 4.78. The van der Waals surface area contributed by atoms with Gasteiger partial charge in [0.25, 0.3) is 0 Å². The molecule has 104 valence electrons. The summed E-state index contributed by atoms with van der Waals surface area (Å²) in [5, 5.41) is 4.72. The van der Waals surface area contributed by atoms with Crippen LogP contribution in [0.2, 0.25) is 0 Å². The zero-order chi connectivity index (χ0) is 13.8. The molecule has 0 aliphatic carbocycles. The summed E-state index contributed by atoms with van der Waals surface area (Å²) in [6, 6.07) is 0. The number of hydrogen-bond acceptors (Lipinski definition) is 4. The first-order valence-corrected chi connectivity index (χ1v) is 7.71. The van der Waals surface area contributed by atoms with Crippen molar-refractivity contribution in [3.05, 3.63) is 10.6 Å². The Kier molecular flexibility index (Phi) is 5.60. The number of nitrogens with one attached hydrogen (secondary N) is 1. The molecule has 0 saturated heterocycles. The molecule has 0 spiro atoms. The van der Waals surface area contributed by atoms with E-state index in [2.05, 4.69) is 51.8 Å². The lowest BCUT2D eigenvalue weighted by atomic mass is 10.1. The molecule has 0 radical (unpaired) electrons. The van der Waals surface area contributed by atoms with E-state index in [1.165, 1.54) is 15.7 Å².